The number of nitrogens with zero attached hydrogens (tertiary/aromatic N) is 2. The van der Waals surface area contributed by atoms with Gasteiger partial charge in [-0.15, -0.1) is 23.1 Å². The average Bonchev–Trinajstić information content (AvgIpc) is 3.18. The van der Waals surface area contributed by atoms with Crippen molar-refractivity contribution in [3.8, 4) is 0 Å². The second-order valence-corrected chi connectivity index (χ2v) is 10.3. The fourth-order valence-electron chi connectivity index (χ4n) is 4.05. The van der Waals surface area contributed by atoms with Gasteiger partial charge in [0.1, 0.15) is 5.01 Å². The summed E-state index contributed by atoms with van der Waals surface area (Å²) in [4.78, 5) is 33.5. The fraction of sp³-hybridized carbons (Fsp3) is 0.318. The quantitative estimate of drug-likeness (QED) is 0.563. The Morgan fingerprint density at radius 1 is 1.23 bits per heavy atom. The lowest BCUT2D eigenvalue weighted by Crippen LogP contribution is -2.41. The van der Waals surface area contributed by atoms with E-state index in [9.17, 15) is 9.59 Å². The number of fused-ring (bicyclic) bond motifs is 2. The Bertz CT molecular complexity index is 1100. The zero-order valence-electron chi connectivity index (χ0n) is 16.1. The molecule has 1 aromatic heterocycles. The number of benzene rings is 2. The third-order valence-corrected chi connectivity index (χ3v) is 8.19. The standard InChI is InChI=1S/C22H20ClN3O2S2/c23-13-8-9-18-15(11-13)24-21(28)19(29-18)12-20(27)26-10-4-3-6-16(26)22-25-14-5-1-2-7-17(14)30-22/h1-2,5,7-9,11,16,19H,3-4,6,10,12H2,(H,24,28). The maximum atomic E-state index is 13.3. The Labute approximate surface area is 187 Å². The van der Waals surface area contributed by atoms with Crippen LogP contribution in [0.2, 0.25) is 5.02 Å². The first kappa shape index (κ1) is 19.8. The predicted octanol–water partition coefficient (Wildman–Crippen LogP) is 5.51. The molecule has 2 aliphatic rings. The SMILES string of the molecule is O=C1Nc2cc(Cl)ccc2SC1CC(=O)N1CCCCC1c1nc2ccccc2s1. The fourth-order valence-corrected chi connectivity index (χ4v) is 6.42. The van der Waals surface area contributed by atoms with Crippen molar-refractivity contribution in [3.05, 3.63) is 52.5 Å². The molecule has 1 saturated heterocycles. The molecule has 2 amide bonds. The third-order valence-electron chi connectivity index (χ3n) is 5.54. The highest BCUT2D eigenvalue weighted by Gasteiger charge is 2.35. The van der Waals surface area contributed by atoms with E-state index in [0.717, 1.165) is 39.4 Å². The van der Waals surface area contributed by atoms with E-state index >= 15 is 0 Å². The predicted molar refractivity (Wildman–Crippen MR) is 122 cm³/mol. The van der Waals surface area contributed by atoms with Crippen molar-refractivity contribution >= 4 is 62.4 Å². The molecule has 0 bridgehead atoms. The van der Waals surface area contributed by atoms with Crippen LogP contribution in [0.25, 0.3) is 10.2 Å². The molecule has 2 aromatic carbocycles. The number of carbonyl (C=O) groups excluding carboxylic acids is 2. The molecule has 5 nitrogen and oxygen atoms in total. The van der Waals surface area contributed by atoms with Crippen LogP contribution >= 0.6 is 34.7 Å². The molecule has 2 unspecified atom stereocenters. The first-order valence-corrected chi connectivity index (χ1v) is 12.1. The second kappa shape index (κ2) is 8.21. The van der Waals surface area contributed by atoms with Gasteiger partial charge >= 0.3 is 0 Å². The van der Waals surface area contributed by atoms with Crippen LogP contribution in [0.1, 0.15) is 36.7 Å². The van der Waals surface area contributed by atoms with Gasteiger partial charge in [0.15, 0.2) is 0 Å². The lowest BCUT2D eigenvalue weighted by Gasteiger charge is -2.35. The molecule has 30 heavy (non-hydrogen) atoms. The molecule has 0 radical (unpaired) electrons. The van der Waals surface area contributed by atoms with Gasteiger partial charge in [0.05, 0.1) is 27.2 Å². The number of hydrogen-bond donors (Lipinski definition) is 1. The highest BCUT2D eigenvalue weighted by atomic mass is 35.5. The zero-order valence-corrected chi connectivity index (χ0v) is 18.5. The number of nitrogens with one attached hydrogen (secondary N) is 1. The summed E-state index contributed by atoms with van der Waals surface area (Å²) in [6, 6.07) is 13.5. The summed E-state index contributed by atoms with van der Waals surface area (Å²) in [5.41, 5.74) is 1.69. The third kappa shape index (κ3) is 3.82. The maximum Gasteiger partial charge on any atom is 0.238 e. The van der Waals surface area contributed by atoms with E-state index in [2.05, 4.69) is 11.4 Å². The molecule has 8 heteroatoms. The Hall–Kier alpha value is -2.09. The molecule has 3 aromatic rings. The molecule has 0 aliphatic carbocycles. The molecular weight excluding hydrogens is 438 g/mol. The summed E-state index contributed by atoms with van der Waals surface area (Å²) < 4.78 is 1.14. The molecule has 2 atom stereocenters. The number of amides is 2. The van der Waals surface area contributed by atoms with Gasteiger partial charge in [0.2, 0.25) is 11.8 Å². The zero-order chi connectivity index (χ0) is 20.7. The van der Waals surface area contributed by atoms with Crippen LogP contribution in [0.4, 0.5) is 5.69 Å². The van der Waals surface area contributed by atoms with Crippen molar-refractivity contribution in [1.29, 1.82) is 0 Å². The summed E-state index contributed by atoms with van der Waals surface area (Å²) in [6.45, 7) is 0.713. The minimum Gasteiger partial charge on any atom is -0.333 e. The summed E-state index contributed by atoms with van der Waals surface area (Å²) in [6.07, 6.45) is 3.16. The number of para-hydroxylation sites is 1. The Morgan fingerprint density at radius 2 is 2.10 bits per heavy atom. The van der Waals surface area contributed by atoms with Crippen molar-refractivity contribution in [2.45, 2.75) is 41.9 Å². The van der Waals surface area contributed by atoms with E-state index in [0.29, 0.717) is 17.3 Å². The van der Waals surface area contributed by atoms with Gasteiger partial charge in [0, 0.05) is 22.9 Å². The van der Waals surface area contributed by atoms with Crippen LogP contribution in [0, 0.1) is 0 Å². The summed E-state index contributed by atoms with van der Waals surface area (Å²) >= 11 is 9.12. The highest BCUT2D eigenvalue weighted by molar-refractivity contribution is 8.01. The molecule has 0 saturated carbocycles. The Balaban J connectivity index is 1.35. The van der Waals surface area contributed by atoms with Gasteiger partial charge in [-0.3, -0.25) is 9.59 Å². The monoisotopic (exact) mass is 457 g/mol. The van der Waals surface area contributed by atoms with E-state index in [1.807, 2.05) is 29.2 Å². The van der Waals surface area contributed by atoms with Crippen molar-refractivity contribution < 1.29 is 9.59 Å². The smallest absolute Gasteiger partial charge is 0.238 e. The molecule has 0 spiro atoms. The number of piperidine rings is 1. The van der Waals surface area contributed by atoms with Crippen LogP contribution in [0.3, 0.4) is 0 Å². The molecule has 154 valence electrons. The highest BCUT2D eigenvalue weighted by Crippen LogP contribution is 2.40. The largest absolute Gasteiger partial charge is 0.333 e. The average molecular weight is 458 g/mol. The van der Waals surface area contributed by atoms with E-state index in [1.165, 1.54) is 11.8 Å². The minimum absolute atomic E-state index is 0.00797. The van der Waals surface area contributed by atoms with Gasteiger partial charge in [-0.25, -0.2) is 4.98 Å². The molecule has 3 heterocycles. The van der Waals surface area contributed by atoms with Gasteiger partial charge in [-0.2, -0.15) is 0 Å². The number of aromatic nitrogens is 1. The van der Waals surface area contributed by atoms with Gasteiger partial charge in [-0.1, -0.05) is 23.7 Å². The molecule has 1 fully saturated rings. The van der Waals surface area contributed by atoms with E-state index in [-0.39, 0.29) is 24.3 Å². The van der Waals surface area contributed by atoms with Crippen LogP contribution in [0.5, 0.6) is 0 Å². The number of halogens is 1. The number of thiazole rings is 1. The number of thioether (sulfide) groups is 1. The van der Waals surface area contributed by atoms with Gasteiger partial charge in [0.25, 0.3) is 0 Å². The maximum absolute atomic E-state index is 13.3. The summed E-state index contributed by atoms with van der Waals surface area (Å²) in [5, 5.41) is 4.02. The van der Waals surface area contributed by atoms with Crippen molar-refractivity contribution in [2.75, 3.05) is 11.9 Å². The van der Waals surface area contributed by atoms with Gasteiger partial charge in [-0.05, 0) is 49.6 Å². The molecule has 5 rings (SSSR count). The minimum atomic E-state index is -0.441. The van der Waals surface area contributed by atoms with E-state index in [1.54, 1.807) is 23.5 Å². The molecular formula is C22H20ClN3O2S2. The van der Waals surface area contributed by atoms with Crippen LogP contribution < -0.4 is 5.32 Å². The topological polar surface area (TPSA) is 62.3 Å². The second-order valence-electron chi connectivity index (χ2n) is 7.56. The van der Waals surface area contributed by atoms with E-state index < -0.39 is 5.25 Å². The van der Waals surface area contributed by atoms with Crippen LogP contribution in [0.15, 0.2) is 47.4 Å². The van der Waals surface area contributed by atoms with Crippen molar-refractivity contribution in [1.82, 2.24) is 9.88 Å². The number of hydrogen-bond acceptors (Lipinski definition) is 5. The van der Waals surface area contributed by atoms with Gasteiger partial charge < -0.3 is 10.2 Å². The van der Waals surface area contributed by atoms with Crippen LogP contribution in [-0.2, 0) is 9.59 Å². The lowest BCUT2D eigenvalue weighted by atomic mass is 10.0. The number of likely N-dealkylation sites (tertiary alicyclic amines) is 1. The van der Waals surface area contributed by atoms with Crippen LogP contribution in [-0.4, -0.2) is 33.5 Å². The Kier molecular flexibility index (Phi) is 5.43. The summed E-state index contributed by atoms with van der Waals surface area (Å²) in [7, 11) is 0. The molecule has 2 aliphatic heterocycles. The number of rotatable bonds is 3. The van der Waals surface area contributed by atoms with Crippen molar-refractivity contribution in [2.24, 2.45) is 0 Å². The Morgan fingerprint density at radius 3 is 2.97 bits per heavy atom. The van der Waals surface area contributed by atoms with Crippen molar-refractivity contribution in [3.63, 3.8) is 0 Å². The normalized spacial score (nSPS) is 21.4. The number of anilines is 1. The summed E-state index contributed by atoms with van der Waals surface area (Å²) in [5.74, 6) is -0.124. The first-order valence-electron chi connectivity index (χ1n) is 10.0. The lowest BCUT2D eigenvalue weighted by molar-refractivity contribution is -0.136. The number of carbonyl (C=O) groups is 2. The first-order chi connectivity index (χ1) is 14.6. The van der Waals surface area contributed by atoms with E-state index in [4.69, 9.17) is 16.6 Å². The molecule has 1 N–H and O–H groups in total.